The van der Waals surface area contributed by atoms with Gasteiger partial charge in [0.2, 0.25) is 0 Å². The summed E-state index contributed by atoms with van der Waals surface area (Å²) in [6.07, 6.45) is 0. The second kappa shape index (κ2) is 6.29. The third-order valence-corrected chi connectivity index (χ3v) is 0.867. The van der Waals surface area contributed by atoms with Gasteiger partial charge in [-0.1, -0.05) is 12.2 Å². The zero-order valence-electron chi connectivity index (χ0n) is 6.14. The van der Waals surface area contributed by atoms with Gasteiger partial charge < -0.3 is 10.1 Å². The first-order valence-corrected chi connectivity index (χ1v) is 3.11. The van der Waals surface area contributed by atoms with E-state index in [1.807, 2.05) is 6.92 Å². The van der Waals surface area contributed by atoms with Crippen LogP contribution in [0.2, 0.25) is 0 Å². The van der Waals surface area contributed by atoms with Crippen LogP contribution in [0.1, 0.15) is 6.92 Å². The largest absolute Gasteiger partial charge is 0.456 e. The third-order valence-electron chi connectivity index (χ3n) is 0.867. The highest BCUT2D eigenvalue weighted by atomic mass is 16.5. The molecule has 0 amide bonds. The summed E-state index contributed by atoms with van der Waals surface area (Å²) in [7, 11) is 0. The van der Waals surface area contributed by atoms with Crippen molar-refractivity contribution < 1.29 is 9.53 Å². The van der Waals surface area contributed by atoms with Crippen LogP contribution in [-0.4, -0.2) is 26.2 Å². The lowest BCUT2D eigenvalue weighted by Gasteiger charge is -2.00. The standard InChI is InChI=1S/C7H12NO2/c1-7(2)5-8-3-4-10-6-9/h8H,1,3-5H2,2H3. The maximum Gasteiger partial charge on any atom is 0.417 e. The predicted octanol–water partition coefficient (Wildman–Crippen LogP) is 0.236. The second-order valence-corrected chi connectivity index (χ2v) is 2.07. The van der Waals surface area contributed by atoms with Crippen LogP contribution < -0.4 is 5.32 Å². The van der Waals surface area contributed by atoms with Crippen molar-refractivity contribution in [2.45, 2.75) is 6.92 Å². The molecule has 0 aliphatic carbocycles. The molecule has 0 heterocycles. The summed E-state index contributed by atoms with van der Waals surface area (Å²) in [5.74, 6) is 0. The first-order chi connectivity index (χ1) is 4.77. The first kappa shape index (κ1) is 9.17. The van der Waals surface area contributed by atoms with Crippen LogP contribution in [0, 0.1) is 0 Å². The summed E-state index contributed by atoms with van der Waals surface area (Å²) < 4.78 is 4.32. The van der Waals surface area contributed by atoms with Crippen molar-refractivity contribution in [2.75, 3.05) is 19.7 Å². The predicted molar refractivity (Wildman–Crippen MR) is 39.3 cm³/mol. The van der Waals surface area contributed by atoms with Gasteiger partial charge in [-0.3, -0.25) is 0 Å². The number of hydrogen-bond donors (Lipinski definition) is 1. The van der Waals surface area contributed by atoms with Crippen molar-refractivity contribution in [1.82, 2.24) is 5.32 Å². The maximum atomic E-state index is 9.51. The minimum Gasteiger partial charge on any atom is -0.456 e. The Labute approximate surface area is 61.1 Å². The molecular weight excluding hydrogens is 130 g/mol. The van der Waals surface area contributed by atoms with Crippen molar-refractivity contribution >= 4 is 6.47 Å². The summed E-state index contributed by atoms with van der Waals surface area (Å²) in [4.78, 5) is 9.51. The Morgan fingerprint density at radius 3 is 3.00 bits per heavy atom. The average molecular weight is 142 g/mol. The molecule has 0 spiro atoms. The van der Waals surface area contributed by atoms with E-state index in [0.717, 1.165) is 12.1 Å². The fraction of sp³-hybridized carbons (Fsp3) is 0.571. The summed E-state index contributed by atoms with van der Waals surface area (Å²) in [6.45, 7) is 8.76. The lowest BCUT2D eigenvalue weighted by Crippen LogP contribution is -2.20. The van der Waals surface area contributed by atoms with E-state index in [4.69, 9.17) is 0 Å². The molecule has 0 aromatic heterocycles. The molecule has 0 aliphatic heterocycles. The Bertz CT molecular complexity index is 112. The molecule has 3 nitrogen and oxygen atoms in total. The molecule has 0 aliphatic rings. The zero-order valence-corrected chi connectivity index (χ0v) is 6.14. The minimum absolute atomic E-state index is 0.372. The molecule has 0 unspecified atom stereocenters. The van der Waals surface area contributed by atoms with E-state index in [0.29, 0.717) is 13.2 Å². The SMILES string of the molecule is C=C(C)CNCCO[C]=O. The van der Waals surface area contributed by atoms with Gasteiger partial charge in [-0.2, -0.15) is 0 Å². The second-order valence-electron chi connectivity index (χ2n) is 2.07. The van der Waals surface area contributed by atoms with Crippen molar-refractivity contribution in [1.29, 1.82) is 0 Å². The fourth-order valence-electron chi connectivity index (χ4n) is 0.467. The van der Waals surface area contributed by atoms with E-state index >= 15 is 0 Å². The third kappa shape index (κ3) is 7.17. The van der Waals surface area contributed by atoms with E-state index < -0.39 is 0 Å². The molecule has 0 aromatic rings. The van der Waals surface area contributed by atoms with E-state index in [1.54, 1.807) is 0 Å². The van der Waals surface area contributed by atoms with Gasteiger partial charge in [0.05, 0.1) is 0 Å². The van der Waals surface area contributed by atoms with Gasteiger partial charge in [0.1, 0.15) is 6.61 Å². The Balaban J connectivity index is 2.90. The summed E-state index contributed by atoms with van der Waals surface area (Å²) in [6, 6.07) is 0. The highest BCUT2D eigenvalue weighted by molar-refractivity contribution is 5.38. The van der Waals surface area contributed by atoms with Crippen LogP contribution in [0.5, 0.6) is 0 Å². The smallest absolute Gasteiger partial charge is 0.417 e. The molecule has 1 radical (unpaired) electrons. The summed E-state index contributed by atoms with van der Waals surface area (Å²) >= 11 is 0. The summed E-state index contributed by atoms with van der Waals surface area (Å²) in [5, 5.41) is 3.02. The highest BCUT2D eigenvalue weighted by Gasteiger charge is 1.86. The van der Waals surface area contributed by atoms with Crippen LogP contribution in [0.3, 0.4) is 0 Å². The molecule has 0 atom stereocenters. The Morgan fingerprint density at radius 1 is 1.80 bits per heavy atom. The monoisotopic (exact) mass is 142 g/mol. The van der Waals surface area contributed by atoms with Gasteiger partial charge in [-0.25, -0.2) is 4.79 Å². The minimum atomic E-state index is 0.372. The average Bonchev–Trinajstić information content (AvgIpc) is 1.87. The van der Waals surface area contributed by atoms with Crippen molar-refractivity contribution in [3.8, 4) is 0 Å². The van der Waals surface area contributed by atoms with Gasteiger partial charge in [0, 0.05) is 13.1 Å². The van der Waals surface area contributed by atoms with Crippen molar-refractivity contribution in [3.05, 3.63) is 12.2 Å². The fourth-order valence-corrected chi connectivity index (χ4v) is 0.467. The molecule has 0 fully saturated rings. The van der Waals surface area contributed by atoms with Crippen LogP contribution in [0.25, 0.3) is 0 Å². The molecule has 3 heteroatoms. The van der Waals surface area contributed by atoms with Gasteiger partial charge >= 0.3 is 6.47 Å². The molecule has 57 valence electrons. The van der Waals surface area contributed by atoms with Gasteiger partial charge in [0.25, 0.3) is 0 Å². The van der Waals surface area contributed by atoms with Gasteiger partial charge in [0.15, 0.2) is 0 Å². The Kier molecular flexibility index (Phi) is 5.77. The molecule has 0 rings (SSSR count). The Morgan fingerprint density at radius 2 is 2.50 bits per heavy atom. The molecule has 1 N–H and O–H groups in total. The highest BCUT2D eigenvalue weighted by Crippen LogP contribution is 1.79. The zero-order chi connectivity index (χ0) is 7.82. The van der Waals surface area contributed by atoms with Crippen molar-refractivity contribution in [2.24, 2.45) is 0 Å². The lowest BCUT2D eigenvalue weighted by atomic mass is 10.3. The Hall–Kier alpha value is -0.830. The van der Waals surface area contributed by atoms with Crippen LogP contribution in [0.15, 0.2) is 12.2 Å². The molecule has 0 saturated heterocycles. The summed E-state index contributed by atoms with van der Waals surface area (Å²) in [5.41, 5.74) is 1.06. The molecule has 0 bridgehead atoms. The van der Waals surface area contributed by atoms with Crippen LogP contribution in [-0.2, 0) is 9.53 Å². The van der Waals surface area contributed by atoms with Crippen molar-refractivity contribution in [3.63, 3.8) is 0 Å². The maximum absolute atomic E-state index is 9.51. The molecule has 10 heavy (non-hydrogen) atoms. The first-order valence-electron chi connectivity index (χ1n) is 3.11. The number of ether oxygens (including phenoxy) is 1. The molecule has 0 aromatic carbocycles. The number of nitrogens with one attached hydrogen (secondary N) is 1. The van der Waals surface area contributed by atoms with E-state index in [1.165, 1.54) is 6.47 Å². The number of hydrogen-bond acceptors (Lipinski definition) is 3. The molecular formula is C7H12NO2. The normalized spacial score (nSPS) is 8.90. The lowest BCUT2D eigenvalue weighted by molar-refractivity contribution is 0.278. The van der Waals surface area contributed by atoms with Gasteiger partial charge in [-0.15, -0.1) is 0 Å². The topological polar surface area (TPSA) is 38.3 Å². The van der Waals surface area contributed by atoms with E-state index in [2.05, 4.69) is 16.6 Å². The number of rotatable bonds is 6. The number of carbonyl (C=O) groups excluding carboxylic acids is 1. The molecule has 0 saturated carbocycles. The quantitative estimate of drug-likeness (QED) is 0.426. The van der Waals surface area contributed by atoms with Crippen LogP contribution in [0.4, 0.5) is 0 Å². The van der Waals surface area contributed by atoms with E-state index in [-0.39, 0.29) is 0 Å². The van der Waals surface area contributed by atoms with Gasteiger partial charge in [-0.05, 0) is 6.92 Å². The van der Waals surface area contributed by atoms with E-state index in [9.17, 15) is 4.79 Å². The van der Waals surface area contributed by atoms with Crippen LogP contribution >= 0.6 is 0 Å².